The molecule has 4 heteroatoms. The summed E-state index contributed by atoms with van der Waals surface area (Å²) in [7, 11) is 0. The largest absolute Gasteiger partial charge is 0.493 e. The van der Waals surface area contributed by atoms with E-state index in [0.29, 0.717) is 24.0 Å². The highest BCUT2D eigenvalue weighted by molar-refractivity contribution is 5.96. The summed E-state index contributed by atoms with van der Waals surface area (Å²) < 4.78 is 5.65. The molecule has 1 aliphatic heterocycles. The van der Waals surface area contributed by atoms with Crippen LogP contribution in [0, 0.1) is 0 Å². The summed E-state index contributed by atoms with van der Waals surface area (Å²) in [5.74, 6) is 0.639. The summed E-state index contributed by atoms with van der Waals surface area (Å²) in [6.07, 6.45) is 3.33. The molecule has 21 heavy (non-hydrogen) atoms. The van der Waals surface area contributed by atoms with Crippen molar-refractivity contribution in [3.8, 4) is 5.75 Å². The first-order valence-electron chi connectivity index (χ1n) is 8.00. The van der Waals surface area contributed by atoms with Crippen LogP contribution in [0.25, 0.3) is 0 Å². The van der Waals surface area contributed by atoms with Gasteiger partial charge in [0.2, 0.25) is 0 Å². The average Bonchev–Trinajstić information content (AvgIpc) is 2.98. The van der Waals surface area contributed by atoms with E-state index in [2.05, 4.69) is 24.1 Å². The number of nitrogens with zero attached hydrogens (tertiary/aromatic N) is 1. The predicted octanol–water partition coefficient (Wildman–Crippen LogP) is 2.69. The number of carbonyl (C=O) groups excluding carboxylic acids is 1. The monoisotopic (exact) mass is 290 g/mol. The summed E-state index contributed by atoms with van der Waals surface area (Å²) in [4.78, 5) is 14.8. The van der Waals surface area contributed by atoms with E-state index < -0.39 is 0 Å². The van der Waals surface area contributed by atoms with E-state index in [9.17, 15) is 4.79 Å². The average molecular weight is 290 g/mol. The summed E-state index contributed by atoms with van der Waals surface area (Å²) in [6, 6.07) is 7.94. The van der Waals surface area contributed by atoms with E-state index in [1.165, 1.54) is 12.8 Å². The van der Waals surface area contributed by atoms with Gasteiger partial charge in [-0.2, -0.15) is 0 Å². The summed E-state index contributed by atoms with van der Waals surface area (Å²) in [5, 5.41) is 3.06. The number of nitrogens with one attached hydrogen (secondary N) is 1. The number of ether oxygens (including phenoxy) is 1. The topological polar surface area (TPSA) is 41.6 Å². The van der Waals surface area contributed by atoms with Crippen LogP contribution in [-0.4, -0.2) is 43.1 Å². The number of carbonyl (C=O) groups is 1. The smallest absolute Gasteiger partial charge is 0.255 e. The zero-order chi connectivity index (χ0) is 15.1. The first-order valence-corrected chi connectivity index (χ1v) is 8.00. The number of likely N-dealkylation sites (tertiary alicyclic amines) is 1. The fourth-order valence-electron chi connectivity index (χ4n) is 2.84. The van der Waals surface area contributed by atoms with E-state index in [-0.39, 0.29) is 5.91 Å². The predicted molar refractivity (Wildman–Crippen MR) is 84.8 cm³/mol. The van der Waals surface area contributed by atoms with Crippen molar-refractivity contribution < 1.29 is 9.53 Å². The molecule has 0 spiro atoms. The highest BCUT2D eigenvalue weighted by atomic mass is 16.5. The molecule has 116 valence electrons. The highest BCUT2D eigenvalue weighted by Gasteiger charge is 2.23. The molecule has 1 aromatic carbocycles. The Morgan fingerprint density at radius 2 is 2.19 bits per heavy atom. The SMILES string of the molecule is CCCOc1ccccc1C(=O)NC[C@H]1CCCN1CC. The molecule has 0 aromatic heterocycles. The molecule has 1 atom stereocenters. The summed E-state index contributed by atoms with van der Waals surface area (Å²) >= 11 is 0. The van der Waals surface area contributed by atoms with E-state index in [4.69, 9.17) is 4.74 Å². The Morgan fingerprint density at radius 1 is 1.38 bits per heavy atom. The number of para-hydroxylation sites is 1. The molecule has 0 bridgehead atoms. The maximum absolute atomic E-state index is 12.4. The van der Waals surface area contributed by atoms with Crippen molar-refractivity contribution in [3.63, 3.8) is 0 Å². The van der Waals surface area contributed by atoms with Crippen LogP contribution >= 0.6 is 0 Å². The Hall–Kier alpha value is -1.55. The van der Waals surface area contributed by atoms with Crippen molar-refractivity contribution in [2.75, 3.05) is 26.2 Å². The number of likely N-dealkylation sites (N-methyl/N-ethyl adjacent to an activating group) is 1. The van der Waals surface area contributed by atoms with Gasteiger partial charge in [0.25, 0.3) is 5.91 Å². The molecule has 1 N–H and O–H groups in total. The minimum absolute atomic E-state index is 0.0374. The third kappa shape index (κ3) is 4.21. The van der Waals surface area contributed by atoms with Crippen LogP contribution < -0.4 is 10.1 Å². The lowest BCUT2D eigenvalue weighted by Crippen LogP contribution is -2.40. The fourth-order valence-corrected chi connectivity index (χ4v) is 2.84. The molecule has 2 rings (SSSR count). The Kier molecular flexibility index (Phi) is 6.05. The molecule has 0 radical (unpaired) electrons. The second-order valence-electron chi connectivity index (χ2n) is 5.48. The van der Waals surface area contributed by atoms with Gasteiger partial charge in [0.05, 0.1) is 12.2 Å². The first kappa shape index (κ1) is 15.8. The van der Waals surface area contributed by atoms with Gasteiger partial charge in [-0.05, 0) is 44.5 Å². The van der Waals surface area contributed by atoms with Crippen LogP contribution in [0.2, 0.25) is 0 Å². The van der Waals surface area contributed by atoms with E-state index in [1.807, 2.05) is 24.3 Å². The zero-order valence-electron chi connectivity index (χ0n) is 13.1. The van der Waals surface area contributed by atoms with Crippen molar-refractivity contribution in [3.05, 3.63) is 29.8 Å². The van der Waals surface area contributed by atoms with Gasteiger partial charge in [-0.1, -0.05) is 26.0 Å². The minimum atomic E-state index is -0.0374. The van der Waals surface area contributed by atoms with E-state index in [0.717, 1.165) is 26.1 Å². The highest BCUT2D eigenvalue weighted by Crippen LogP contribution is 2.19. The van der Waals surface area contributed by atoms with Crippen molar-refractivity contribution in [1.82, 2.24) is 10.2 Å². The zero-order valence-corrected chi connectivity index (χ0v) is 13.1. The third-order valence-corrected chi connectivity index (χ3v) is 4.00. The van der Waals surface area contributed by atoms with Crippen molar-refractivity contribution in [1.29, 1.82) is 0 Å². The maximum atomic E-state index is 12.4. The maximum Gasteiger partial charge on any atom is 0.255 e. The number of benzene rings is 1. The van der Waals surface area contributed by atoms with Gasteiger partial charge in [-0.15, -0.1) is 0 Å². The lowest BCUT2D eigenvalue weighted by atomic mass is 10.1. The van der Waals surface area contributed by atoms with Gasteiger partial charge in [0.15, 0.2) is 0 Å². The summed E-state index contributed by atoms with van der Waals surface area (Å²) in [6.45, 7) is 7.78. The van der Waals surface area contributed by atoms with Crippen LogP contribution in [0.5, 0.6) is 5.75 Å². The Balaban J connectivity index is 1.94. The molecule has 1 aromatic rings. The molecule has 0 saturated carbocycles. The molecule has 4 nitrogen and oxygen atoms in total. The van der Waals surface area contributed by atoms with E-state index in [1.54, 1.807) is 0 Å². The number of hydrogen-bond acceptors (Lipinski definition) is 3. The van der Waals surface area contributed by atoms with Gasteiger partial charge in [-0.25, -0.2) is 0 Å². The molecular formula is C17H26N2O2. The molecule has 1 heterocycles. The second-order valence-corrected chi connectivity index (χ2v) is 5.48. The third-order valence-electron chi connectivity index (χ3n) is 4.00. The number of amides is 1. The van der Waals surface area contributed by atoms with Crippen LogP contribution in [0.15, 0.2) is 24.3 Å². The van der Waals surface area contributed by atoms with Gasteiger partial charge in [0.1, 0.15) is 5.75 Å². The quantitative estimate of drug-likeness (QED) is 0.839. The first-order chi connectivity index (χ1) is 10.3. The number of rotatable bonds is 7. The van der Waals surface area contributed by atoms with Crippen molar-refractivity contribution in [2.45, 2.75) is 39.2 Å². The lowest BCUT2D eigenvalue weighted by molar-refractivity contribution is 0.0937. The molecule has 0 unspecified atom stereocenters. The second kappa shape index (κ2) is 8.03. The van der Waals surface area contributed by atoms with E-state index >= 15 is 0 Å². The summed E-state index contributed by atoms with van der Waals surface area (Å²) in [5.41, 5.74) is 0.631. The van der Waals surface area contributed by atoms with Gasteiger partial charge in [-0.3, -0.25) is 9.69 Å². The lowest BCUT2D eigenvalue weighted by Gasteiger charge is -2.23. The minimum Gasteiger partial charge on any atom is -0.493 e. The van der Waals surface area contributed by atoms with Crippen LogP contribution in [0.3, 0.4) is 0 Å². The number of hydrogen-bond donors (Lipinski definition) is 1. The van der Waals surface area contributed by atoms with Crippen LogP contribution in [0.4, 0.5) is 0 Å². The van der Waals surface area contributed by atoms with Crippen LogP contribution in [0.1, 0.15) is 43.5 Å². The molecule has 1 aliphatic rings. The van der Waals surface area contributed by atoms with Gasteiger partial charge < -0.3 is 10.1 Å². The standard InChI is InChI=1S/C17H26N2O2/c1-3-12-21-16-10-6-5-9-15(16)17(20)18-13-14-8-7-11-19(14)4-2/h5-6,9-10,14H,3-4,7-8,11-13H2,1-2H3,(H,18,20)/t14-/m1/s1. The molecule has 1 saturated heterocycles. The van der Waals surface area contributed by atoms with Gasteiger partial charge >= 0.3 is 0 Å². The molecule has 0 aliphatic carbocycles. The Morgan fingerprint density at radius 3 is 2.95 bits per heavy atom. The Bertz CT molecular complexity index is 462. The molecular weight excluding hydrogens is 264 g/mol. The van der Waals surface area contributed by atoms with Gasteiger partial charge in [0, 0.05) is 12.6 Å². The van der Waals surface area contributed by atoms with Crippen LogP contribution in [-0.2, 0) is 0 Å². The fraction of sp³-hybridized carbons (Fsp3) is 0.588. The normalized spacial score (nSPS) is 18.7. The molecule has 1 fully saturated rings. The van der Waals surface area contributed by atoms with Crippen molar-refractivity contribution in [2.24, 2.45) is 0 Å². The molecule has 1 amide bonds. The van der Waals surface area contributed by atoms with Crippen molar-refractivity contribution >= 4 is 5.91 Å². The Labute approximate surface area is 127 Å².